The second kappa shape index (κ2) is 4.49. The quantitative estimate of drug-likeness (QED) is 0.728. The smallest absolute Gasteiger partial charge is 0.434 e. The van der Waals surface area contributed by atoms with Crippen molar-refractivity contribution >= 4 is 23.8 Å². The molecule has 0 radical (unpaired) electrons. The molecule has 0 aromatic heterocycles. The van der Waals surface area contributed by atoms with Gasteiger partial charge in [-0.15, -0.1) is 0 Å². The minimum Gasteiger partial charge on any atom is -0.434 e. The van der Waals surface area contributed by atoms with E-state index in [2.05, 4.69) is 11.1 Å². The molecule has 0 saturated heterocycles. The van der Waals surface area contributed by atoms with Crippen molar-refractivity contribution in [3.05, 3.63) is 40.8 Å². The van der Waals surface area contributed by atoms with Gasteiger partial charge in [0.15, 0.2) is 0 Å². The summed E-state index contributed by atoms with van der Waals surface area (Å²) in [4.78, 5) is 17.9. The highest BCUT2D eigenvalue weighted by Crippen LogP contribution is 2.51. The first-order chi connectivity index (χ1) is 8.78. The van der Waals surface area contributed by atoms with Gasteiger partial charge in [0.2, 0.25) is 5.90 Å². The molecule has 1 atom stereocenters. The van der Waals surface area contributed by atoms with Gasteiger partial charge in [-0.1, -0.05) is 30.0 Å². The third-order valence-corrected chi connectivity index (χ3v) is 3.85. The highest BCUT2D eigenvalue weighted by molar-refractivity contribution is 8.03. The van der Waals surface area contributed by atoms with Gasteiger partial charge in [0.1, 0.15) is 6.04 Å². The van der Waals surface area contributed by atoms with E-state index in [1.165, 1.54) is 4.90 Å². The first-order valence-electron chi connectivity index (χ1n) is 5.68. The van der Waals surface area contributed by atoms with Crippen molar-refractivity contribution in [2.24, 2.45) is 4.99 Å². The molecule has 2 heterocycles. The van der Waals surface area contributed by atoms with Crippen LogP contribution in [-0.4, -0.2) is 18.7 Å². The zero-order valence-corrected chi connectivity index (χ0v) is 10.6. The number of benzene rings is 1. The van der Waals surface area contributed by atoms with Crippen molar-refractivity contribution in [1.29, 1.82) is 0 Å². The normalized spacial score (nSPS) is 19.7. The number of hydrogen-bond donors (Lipinski definition) is 0. The summed E-state index contributed by atoms with van der Waals surface area (Å²) in [6.07, 6.45) is 1.10. The lowest BCUT2D eigenvalue weighted by molar-refractivity contribution is 0.101. The Labute approximate surface area is 109 Å². The lowest BCUT2D eigenvalue weighted by atomic mass is 10.1. The topological polar surface area (TPSA) is 47.9 Å². The van der Waals surface area contributed by atoms with E-state index in [0.29, 0.717) is 12.5 Å². The molecule has 0 fully saturated rings. The molecule has 0 aliphatic carbocycles. The van der Waals surface area contributed by atoms with E-state index >= 15 is 0 Å². The number of ether oxygens (including phenoxy) is 2. The molecule has 5 heteroatoms. The van der Waals surface area contributed by atoms with Crippen molar-refractivity contribution in [1.82, 2.24) is 0 Å². The van der Waals surface area contributed by atoms with Gasteiger partial charge in [-0.2, -0.15) is 0 Å². The molecular weight excluding hydrogens is 250 g/mol. The molecule has 0 amide bonds. The Hall–Kier alpha value is -1.75. The van der Waals surface area contributed by atoms with Crippen LogP contribution in [0.4, 0.5) is 4.79 Å². The van der Waals surface area contributed by atoms with Crippen LogP contribution in [0.15, 0.2) is 45.1 Å². The summed E-state index contributed by atoms with van der Waals surface area (Å²) in [7, 11) is 0. The van der Waals surface area contributed by atoms with Crippen molar-refractivity contribution < 1.29 is 14.3 Å². The number of nitrogens with zero attached hydrogens (tertiary/aromatic N) is 1. The van der Waals surface area contributed by atoms with Gasteiger partial charge in [0.05, 0.1) is 6.61 Å². The molecule has 0 saturated carbocycles. The summed E-state index contributed by atoms with van der Waals surface area (Å²) < 4.78 is 9.72. The highest BCUT2D eigenvalue weighted by atomic mass is 32.2. The average Bonchev–Trinajstić information content (AvgIpc) is 2.86. The molecule has 4 nitrogen and oxygen atoms in total. The van der Waals surface area contributed by atoms with Crippen LogP contribution in [0.2, 0.25) is 0 Å². The average molecular weight is 261 g/mol. The molecule has 0 N–H and O–H groups in total. The zero-order chi connectivity index (χ0) is 12.5. The molecule has 1 aromatic carbocycles. The molecule has 0 spiro atoms. The van der Waals surface area contributed by atoms with Crippen LogP contribution in [0.3, 0.4) is 0 Å². The van der Waals surface area contributed by atoms with Gasteiger partial charge in [-0.25, -0.2) is 9.79 Å². The first-order valence-corrected chi connectivity index (χ1v) is 6.50. The van der Waals surface area contributed by atoms with Crippen LogP contribution in [0.5, 0.6) is 0 Å². The van der Waals surface area contributed by atoms with Gasteiger partial charge in [-0.05, 0) is 18.6 Å². The monoisotopic (exact) mass is 261 g/mol. The van der Waals surface area contributed by atoms with Crippen molar-refractivity contribution in [3.8, 4) is 0 Å². The second-order valence-corrected chi connectivity index (χ2v) is 4.96. The minimum absolute atomic E-state index is 0.0179. The van der Waals surface area contributed by atoms with Crippen molar-refractivity contribution in [2.75, 3.05) is 6.61 Å². The lowest BCUT2D eigenvalue weighted by Gasteiger charge is -2.03. The predicted octanol–water partition coefficient (Wildman–Crippen LogP) is 3.30. The van der Waals surface area contributed by atoms with Gasteiger partial charge >= 0.3 is 6.16 Å². The van der Waals surface area contributed by atoms with Crippen LogP contribution in [0.1, 0.15) is 18.5 Å². The van der Waals surface area contributed by atoms with Crippen LogP contribution in [-0.2, 0) is 9.47 Å². The molecule has 1 aromatic rings. The SMILES string of the molecule is CCOC(=O)OC1=NC2C(=C1)Sc1ccccc12. The maximum absolute atomic E-state index is 11.2. The fourth-order valence-electron chi connectivity index (χ4n) is 1.95. The highest BCUT2D eigenvalue weighted by Gasteiger charge is 2.32. The summed E-state index contributed by atoms with van der Waals surface area (Å²) in [6, 6.07) is 8.09. The van der Waals surface area contributed by atoms with Gasteiger partial charge < -0.3 is 9.47 Å². The number of fused-ring (bicyclic) bond motifs is 3. The Balaban J connectivity index is 1.79. The van der Waals surface area contributed by atoms with E-state index in [9.17, 15) is 4.79 Å². The number of rotatable bonds is 1. The van der Waals surface area contributed by atoms with E-state index in [-0.39, 0.29) is 6.04 Å². The van der Waals surface area contributed by atoms with E-state index in [0.717, 1.165) is 10.5 Å². The summed E-state index contributed by atoms with van der Waals surface area (Å²) in [5, 5.41) is 0. The van der Waals surface area contributed by atoms with Gasteiger partial charge in [0.25, 0.3) is 0 Å². The summed E-state index contributed by atoms with van der Waals surface area (Å²) in [6.45, 7) is 2.03. The Bertz CT molecular complexity index is 565. The first kappa shape index (κ1) is 11.3. The maximum Gasteiger partial charge on any atom is 0.515 e. The fraction of sp³-hybridized carbons (Fsp3) is 0.231. The Kier molecular flexibility index (Phi) is 2.83. The molecule has 3 rings (SSSR count). The van der Waals surface area contributed by atoms with Crippen LogP contribution in [0, 0.1) is 0 Å². The summed E-state index contributed by atoms with van der Waals surface area (Å²) in [5.41, 5.74) is 1.16. The third kappa shape index (κ3) is 1.90. The summed E-state index contributed by atoms with van der Waals surface area (Å²) in [5.74, 6) is 0.329. The van der Waals surface area contributed by atoms with Crippen LogP contribution >= 0.6 is 11.8 Å². The number of hydrogen-bond acceptors (Lipinski definition) is 5. The third-order valence-electron chi connectivity index (χ3n) is 2.68. The largest absolute Gasteiger partial charge is 0.515 e. The fourth-order valence-corrected chi connectivity index (χ4v) is 3.10. The van der Waals surface area contributed by atoms with Gasteiger partial charge in [0, 0.05) is 15.9 Å². The standard InChI is InChI=1S/C13H11NO3S/c1-2-16-13(15)17-11-7-10-12(14-11)8-5-3-4-6-9(8)18-10/h3-7,12H,2H2,1H3. The van der Waals surface area contributed by atoms with Crippen molar-refractivity contribution in [3.63, 3.8) is 0 Å². The zero-order valence-electron chi connectivity index (χ0n) is 9.75. The molecule has 2 aliphatic heterocycles. The maximum atomic E-state index is 11.2. The molecule has 1 unspecified atom stereocenters. The second-order valence-electron chi connectivity index (χ2n) is 3.84. The lowest BCUT2D eigenvalue weighted by Crippen LogP contribution is -2.11. The minimum atomic E-state index is -0.702. The molecule has 18 heavy (non-hydrogen) atoms. The summed E-state index contributed by atoms with van der Waals surface area (Å²) >= 11 is 1.67. The number of carbonyl (C=O) groups excluding carboxylic acids is 1. The predicted molar refractivity (Wildman–Crippen MR) is 68.7 cm³/mol. The van der Waals surface area contributed by atoms with Crippen LogP contribution < -0.4 is 0 Å². The Morgan fingerprint density at radius 1 is 1.44 bits per heavy atom. The van der Waals surface area contributed by atoms with Crippen molar-refractivity contribution in [2.45, 2.75) is 17.9 Å². The number of aliphatic imine (C=N–C) groups is 1. The molecule has 0 bridgehead atoms. The van der Waals surface area contributed by atoms with E-state index < -0.39 is 6.16 Å². The number of carbonyl (C=O) groups is 1. The molecular formula is C13H11NO3S. The van der Waals surface area contributed by atoms with Crippen LogP contribution in [0.25, 0.3) is 0 Å². The van der Waals surface area contributed by atoms with Gasteiger partial charge in [-0.3, -0.25) is 0 Å². The molecule has 2 aliphatic rings. The number of thioether (sulfide) groups is 1. The Morgan fingerprint density at radius 2 is 2.28 bits per heavy atom. The van der Waals surface area contributed by atoms with E-state index in [4.69, 9.17) is 9.47 Å². The molecule has 92 valence electrons. The van der Waals surface area contributed by atoms with E-state index in [1.54, 1.807) is 24.8 Å². The Morgan fingerprint density at radius 3 is 3.11 bits per heavy atom. The van der Waals surface area contributed by atoms with E-state index in [1.807, 2.05) is 18.2 Å².